The number of hydrogen-bond acceptors (Lipinski definition) is 4. The molecule has 0 aliphatic rings. The molecule has 0 saturated carbocycles. The van der Waals surface area contributed by atoms with Gasteiger partial charge in [0, 0.05) is 12.4 Å². The van der Waals surface area contributed by atoms with Crippen molar-refractivity contribution in [3.8, 4) is 0 Å². The number of rotatable bonds is 1. The predicted octanol–water partition coefficient (Wildman–Crippen LogP) is 0.387. The molecule has 68 valence electrons. The van der Waals surface area contributed by atoms with Crippen LogP contribution >= 0.6 is 0 Å². The highest BCUT2D eigenvalue weighted by atomic mass is 32.3. The van der Waals surface area contributed by atoms with Crippen LogP contribution in [0.25, 0.3) is 5.65 Å². The first-order chi connectivity index (χ1) is 6.09. The van der Waals surface area contributed by atoms with E-state index in [0.717, 1.165) is 10.6 Å². The summed E-state index contributed by atoms with van der Waals surface area (Å²) < 4.78 is 34.8. The lowest BCUT2D eigenvalue weighted by Gasteiger charge is -1.93. The Hall–Kier alpha value is -1.50. The molecule has 7 heteroatoms. The molecule has 0 N–H and O–H groups in total. The summed E-state index contributed by atoms with van der Waals surface area (Å²) in [5.41, 5.74) is 0.290. The molecule has 0 fully saturated rings. The van der Waals surface area contributed by atoms with Gasteiger partial charge in [-0.1, -0.05) is 3.89 Å². The Morgan fingerprint density at radius 3 is 2.85 bits per heavy atom. The van der Waals surface area contributed by atoms with E-state index in [-0.39, 0.29) is 0 Å². The predicted molar refractivity (Wildman–Crippen MR) is 41.3 cm³/mol. The molecule has 0 spiro atoms. The highest BCUT2D eigenvalue weighted by Crippen LogP contribution is 2.12. The summed E-state index contributed by atoms with van der Waals surface area (Å²) in [4.78, 5) is 7.37. The fourth-order valence-corrected chi connectivity index (χ4v) is 1.57. The van der Waals surface area contributed by atoms with Gasteiger partial charge in [-0.05, 0) is 0 Å². The molecule has 2 aromatic heterocycles. The van der Waals surface area contributed by atoms with E-state index in [1.165, 1.54) is 18.6 Å². The molecule has 5 nitrogen and oxygen atoms in total. The number of halogens is 1. The van der Waals surface area contributed by atoms with Gasteiger partial charge < -0.3 is 0 Å². The van der Waals surface area contributed by atoms with E-state index in [1.807, 2.05) is 0 Å². The third-order valence-corrected chi connectivity index (χ3v) is 2.33. The Bertz CT molecular complexity index is 548. The van der Waals surface area contributed by atoms with Gasteiger partial charge in [-0.25, -0.2) is 4.98 Å². The van der Waals surface area contributed by atoms with E-state index in [1.54, 1.807) is 0 Å². The molecule has 2 aromatic rings. The number of imidazole rings is 1. The Kier molecular flexibility index (Phi) is 1.56. The summed E-state index contributed by atoms with van der Waals surface area (Å²) in [6.45, 7) is 0. The number of aromatic nitrogens is 3. The third kappa shape index (κ3) is 1.26. The first kappa shape index (κ1) is 8.11. The topological polar surface area (TPSA) is 64.3 Å². The van der Waals surface area contributed by atoms with Crippen molar-refractivity contribution in [1.29, 1.82) is 0 Å². The molecule has 0 bridgehead atoms. The summed E-state index contributed by atoms with van der Waals surface area (Å²) in [5.74, 6) is 0. The van der Waals surface area contributed by atoms with E-state index >= 15 is 0 Å². The quantitative estimate of drug-likeness (QED) is 0.626. The van der Waals surface area contributed by atoms with Gasteiger partial charge in [0.2, 0.25) is 0 Å². The summed E-state index contributed by atoms with van der Waals surface area (Å²) in [5, 5.41) is -0.482. The smallest absolute Gasteiger partial charge is 0.285 e. The van der Waals surface area contributed by atoms with Crippen molar-refractivity contribution in [1.82, 2.24) is 14.4 Å². The summed E-state index contributed by atoms with van der Waals surface area (Å²) in [6.07, 6.45) is 4.97. The van der Waals surface area contributed by atoms with Crippen LogP contribution in [0.3, 0.4) is 0 Å². The van der Waals surface area contributed by atoms with Crippen molar-refractivity contribution >= 4 is 15.9 Å². The van der Waals surface area contributed by atoms with Crippen LogP contribution in [0.5, 0.6) is 0 Å². The van der Waals surface area contributed by atoms with Gasteiger partial charge in [-0.15, -0.1) is 0 Å². The second-order valence-corrected chi connectivity index (χ2v) is 3.63. The minimum absolute atomic E-state index is 0.290. The summed E-state index contributed by atoms with van der Waals surface area (Å²) in [6, 6.07) is 0. The fraction of sp³-hybridized carbons (Fsp3) is 0. The van der Waals surface area contributed by atoms with Crippen LogP contribution in [-0.2, 0) is 10.2 Å². The maximum absolute atomic E-state index is 12.6. The molecule has 0 radical (unpaired) electrons. The van der Waals surface area contributed by atoms with Crippen LogP contribution in [0, 0.1) is 0 Å². The lowest BCUT2D eigenvalue weighted by Crippen LogP contribution is -1.97. The second-order valence-electron chi connectivity index (χ2n) is 2.34. The monoisotopic (exact) mass is 201 g/mol. The zero-order valence-electron chi connectivity index (χ0n) is 6.25. The van der Waals surface area contributed by atoms with Crippen LogP contribution in [0.1, 0.15) is 0 Å². The number of hydrogen-bond donors (Lipinski definition) is 0. The molecular weight excluding hydrogens is 197 g/mol. The SMILES string of the molecule is O=S(=O)(F)c1cnc2cnccn12. The first-order valence-corrected chi connectivity index (χ1v) is 4.69. The van der Waals surface area contributed by atoms with Crippen LogP contribution in [0.2, 0.25) is 0 Å². The molecule has 0 unspecified atom stereocenters. The molecule has 2 heterocycles. The summed E-state index contributed by atoms with van der Waals surface area (Å²) in [7, 11) is -4.71. The Balaban J connectivity index is 2.87. The van der Waals surface area contributed by atoms with Gasteiger partial charge in [-0.3, -0.25) is 9.38 Å². The molecule has 0 aliphatic heterocycles. The van der Waals surface area contributed by atoms with Gasteiger partial charge in [0.25, 0.3) is 0 Å². The highest BCUT2D eigenvalue weighted by Gasteiger charge is 2.17. The number of nitrogens with zero attached hydrogens (tertiary/aromatic N) is 3. The van der Waals surface area contributed by atoms with Crippen LogP contribution in [-0.4, -0.2) is 22.8 Å². The van der Waals surface area contributed by atoms with E-state index in [9.17, 15) is 12.3 Å². The van der Waals surface area contributed by atoms with Crippen molar-refractivity contribution in [3.63, 3.8) is 0 Å². The second kappa shape index (κ2) is 2.49. The van der Waals surface area contributed by atoms with E-state index in [4.69, 9.17) is 0 Å². The Morgan fingerprint density at radius 1 is 1.38 bits per heavy atom. The fourth-order valence-electron chi connectivity index (χ4n) is 0.999. The van der Waals surface area contributed by atoms with Crippen LogP contribution in [0.4, 0.5) is 3.89 Å². The Morgan fingerprint density at radius 2 is 2.15 bits per heavy atom. The highest BCUT2D eigenvalue weighted by molar-refractivity contribution is 7.86. The average molecular weight is 201 g/mol. The molecule has 0 atom stereocenters. The zero-order valence-corrected chi connectivity index (χ0v) is 7.07. The Labute approximate surface area is 73.1 Å². The van der Waals surface area contributed by atoms with Gasteiger partial charge in [0.1, 0.15) is 0 Å². The average Bonchev–Trinajstić information content (AvgIpc) is 2.45. The maximum atomic E-state index is 12.6. The third-order valence-electron chi connectivity index (χ3n) is 1.53. The zero-order chi connectivity index (χ0) is 9.47. The van der Waals surface area contributed by atoms with Crippen LogP contribution in [0.15, 0.2) is 29.8 Å². The van der Waals surface area contributed by atoms with Gasteiger partial charge in [-0.2, -0.15) is 8.42 Å². The molecule has 0 aliphatic carbocycles. The minimum Gasteiger partial charge on any atom is -0.285 e. The molecular formula is C6H4FN3O2S. The van der Waals surface area contributed by atoms with Gasteiger partial charge in [0.05, 0.1) is 12.4 Å². The molecule has 0 aromatic carbocycles. The van der Waals surface area contributed by atoms with Crippen molar-refractivity contribution in [3.05, 3.63) is 24.8 Å². The summed E-state index contributed by atoms with van der Waals surface area (Å²) >= 11 is 0. The van der Waals surface area contributed by atoms with Crippen molar-refractivity contribution < 1.29 is 12.3 Å². The number of fused-ring (bicyclic) bond motifs is 1. The lowest BCUT2D eigenvalue weighted by molar-refractivity contribution is 0.546. The van der Waals surface area contributed by atoms with E-state index in [2.05, 4.69) is 9.97 Å². The maximum Gasteiger partial charge on any atom is 0.349 e. The van der Waals surface area contributed by atoms with E-state index in [0.29, 0.717) is 5.65 Å². The van der Waals surface area contributed by atoms with Crippen molar-refractivity contribution in [2.75, 3.05) is 0 Å². The van der Waals surface area contributed by atoms with Crippen molar-refractivity contribution in [2.45, 2.75) is 5.03 Å². The molecule has 2 rings (SSSR count). The standard InChI is InChI=1S/C6H4FN3O2S/c7-13(11,12)6-4-9-5-3-8-1-2-10(5)6/h1-4H. The first-order valence-electron chi connectivity index (χ1n) is 3.31. The molecule has 13 heavy (non-hydrogen) atoms. The van der Waals surface area contributed by atoms with E-state index < -0.39 is 15.2 Å². The van der Waals surface area contributed by atoms with Crippen LogP contribution < -0.4 is 0 Å². The largest absolute Gasteiger partial charge is 0.349 e. The van der Waals surface area contributed by atoms with Gasteiger partial charge >= 0.3 is 10.2 Å². The molecule has 0 amide bonds. The normalized spacial score (nSPS) is 12.1. The lowest BCUT2D eigenvalue weighted by atomic mass is 10.7. The van der Waals surface area contributed by atoms with Gasteiger partial charge in [0.15, 0.2) is 10.7 Å². The molecule has 0 saturated heterocycles. The minimum atomic E-state index is -4.71. The van der Waals surface area contributed by atoms with Crippen molar-refractivity contribution in [2.24, 2.45) is 0 Å².